The van der Waals surface area contributed by atoms with Crippen molar-refractivity contribution in [3.63, 3.8) is 0 Å². The second-order valence-electron chi connectivity index (χ2n) is 4.66. The lowest BCUT2D eigenvalue weighted by atomic mass is 10.1. The maximum Gasteiger partial charge on any atom is 0.0783 e. The van der Waals surface area contributed by atoms with Crippen LogP contribution in [0.2, 0.25) is 0 Å². The summed E-state index contributed by atoms with van der Waals surface area (Å²) >= 11 is 0. The topological polar surface area (TPSA) is 23.1 Å². The molecule has 2 heteroatoms. The Hall–Kier alpha value is -0.0800. The number of hydrogen-bond acceptors (Lipinski definition) is 1. The molecule has 0 rings (SSSR count). The van der Waals surface area contributed by atoms with Crippen LogP contribution in [0.1, 0.15) is 53.4 Å². The van der Waals surface area contributed by atoms with E-state index in [4.69, 9.17) is 0 Å². The van der Waals surface area contributed by atoms with Gasteiger partial charge < -0.3 is 9.85 Å². The molecule has 0 saturated carbocycles. The average molecular weight is 201 g/mol. The number of quaternary nitrogens is 1. The summed E-state index contributed by atoms with van der Waals surface area (Å²) < 4.78 is 0.00167. The molecule has 0 N–H and O–H groups in total. The number of rotatable bonds is 8. The monoisotopic (exact) mass is 201 g/mol. The fourth-order valence-corrected chi connectivity index (χ4v) is 1.67. The van der Waals surface area contributed by atoms with Crippen molar-refractivity contribution in [3.05, 3.63) is 5.21 Å². The number of unbranched alkanes of at least 4 members (excludes halogenated alkanes) is 2. The van der Waals surface area contributed by atoms with Crippen molar-refractivity contribution in [2.75, 3.05) is 19.6 Å². The largest absolute Gasteiger partial charge is 0.633 e. The van der Waals surface area contributed by atoms with Crippen molar-refractivity contribution in [1.82, 2.24) is 0 Å². The third kappa shape index (κ3) is 6.39. The van der Waals surface area contributed by atoms with Gasteiger partial charge in [0.2, 0.25) is 0 Å². The second-order valence-corrected chi connectivity index (χ2v) is 4.66. The van der Waals surface area contributed by atoms with E-state index < -0.39 is 0 Å². The third-order valence-electron chi connectivity index (χ3n) is 3.00. The first kappa shape index (κ1) is 13.9. The predicted octanol–water partition coefficient (Wildman–Crippen LogP) is 3.56. The molecule has 0 amide bonds. The van der Waals surface area contributed by atoms with E-state index >= 15 is 0 Å². The molecule has 0 fully saturated rings. The summed E-state index contributed by atoms with van der Waals surface area (Å²) in [5.74, 6) is 0.804. The van der Waals surface area contributed by atoms with E-state index in [1.165, 1.54) is 19.3 Å². The Labute approximate surface area is 89.5 Å². The lowest BCUT2D eigenvalue weighted by Crippen LogP contribution is -2.42. The van der Waals surface area contributed by atoms with E-state index in [1.807, 2.05) is 13.8 Å². The summed E-state index contributed by atoms with van der Waals surface area (Å²) in [5, 5.41) is 11.9. The summed E-state index contributed by atoms with van der Waals surface area (Å²) in [6.45, 7) is 10.7. The molecular weight excluding hydrogens is 174 g/mol. The van der Waals surface area contributed by atoms with Gasteiger partial charge in [0, 0.05) is 0 Å². The molecule has 86 valence electrons. The Balaban J connectivity index is 3.43. The highest BCUT2D eigenvalue weighted by Crippen LogP contribution is 2.11. The fraction of sp³-hybridized carbons (Fsp3) is 1.00. The molecule has 0 aromatic carbocycles. The van der Waals surface area contributed by atoms with Crippen molar-refractivity contribution in [3.8, 4) is 0 Å². The van der Waals surface area contributed by atoms with Crippen molar-refractivity contribution >= 4 is 0 Å². The van der Waals surface area contributed by atoms with E-state index in [9.17, 15) is 5.21 Å². The van der Waals surface area contributed by atoms with Gasteiger partial charge in [-0.1, -0.05) is 26.7 Å². The molecule has 0 aliphatic rings. The minimum atomic E-state index is 0.00167. The van der Waals surface area contributed by atoms with Gasteiger partial charge in [-0.3, -0.25) is 0 Å². The number of hydrogen-bond donors (Lipinski definition) is 0. The molecule has 0 aliphatic carbocycles. The van der Waals surface area contributed by atoms with E-state index in [0.717, 1.165) is 32.0 Å². The number of hydroxylamine groups is 3. The normalized spacial score (nSPS) is 12.4. The highest BCUT2D eigenvalue weighted by atomic mass is 16.5. The predicted molar refractivity (Wildman–Crippen MR) is 62.9 cm³/mol. The van der Waals surface area contributed by atoms with E-state index in [0.29, 0.717) is 0 Å². The van der Waals surface area contributed by atoms with E-state index in [1.54, 1.807) is 0 Å². The smallest absolute Gasteiger partial charge is 0.0783 e. The third-order valence-corrected chi connectivity index (χ3v) is 3.00. The highest BCUT2D eigenvalue weighted by Gasteiger charge is 2.09. The van der Waals surface area contributed by atoms with Crippen molar-refractivity contribution in [2.45, 2.75) is 53.4 Å². The minimum Gasteiger partial charge on any atom is -0.633 e. The summed E-state index contributed by atoms with van der Waals surface area (Å²) in [4.78, 5) is 0. The van der Waals surface area contributed by atoms with Crippen LogP contribution in [0.5, 0.6) is 0 Å². The van der Waals surface area contributed by atoms with Gasteiger partial charge >= 0.3 is 0 Å². The van der Waals surface area contributed by atoms with Crippen LogP contribution in [0.15, 0.2) is 0 Å². The average Bonchev–Trinajstić information content (AvgIpc) is 2.16. The van der Waals surface area contributed by atoms with Crippen molar-refractivity contribution in [1.29, 1.82) is 0 Å². The summed E-state index contributed by atoms with van der Waals surface area (Å²) in [6, 6.07) is 0. The molecule has 2 nitrogen and oxygen atoms in total. The van der Waals surface area contributed by atoms with Crippen LogP contribution in [-0.4, -0.2) is 24.3 Å². The van der Waals surface area contributed by atoms with Gasteiger partial charge in [-0.2, -0.15) is 0 Å². The lowest BCUT2D eigenvalue weighted by molar-refractivity contribution is -0.877. The Bertz CT molecular complexity index is 130. The van der Waals surface area contributed by atoms with Gasteiger partial charge in [-0.25, -0.2) is 0 Å². The van der Waals surface area contributed by atoms with Crippen LogP contribution in [0.3, 0.4) is 0 Å². The highest BCUT2D eigenvalue weighted by molar-refractivity contribution is 4.48. The summed E-state index contributed by atoms with van der Waals surface area (Å²) in [7, 11) is 0. The molecule has 0 radical (unpaired) electrons. The van der Waals surface area contributed by atoms with Gasteiger partial charge in [-0.05, 0) is 32.6 Å². The molecular formula is C12H27NO. The molecule has 14 heavy (non-hydrogen) atoms. The van der Waals surface area contributed by atoms with E-state index in [2.05, 4.69) is 13.8 Å². The molecule has 0 heterocycles. The Morgan fingerprint density at radius 1 is 1.00 bits per heavy atom. The Kier molecular flexibility index (Phi) is 7.20. The molecule has 0 bridgehead atoms. The number of nitrogens with zero attached hydrogens (tertiary/aromatic N) is 1. The minimum absolute atomic E-state index is 0.00167. The van der Waals surface area contributed by atoms with Crippen LogP contribution in [0.25, 0.3) is 0 Å². The Morgan fingerprint density at radius 2 is 1.57 bits per heavy atom. The Morgan fingerprint density at radius 3 is 2.00 bits per heavy atom. The van der Waals surface area contributed by atoms with Crippen LogP contribution < -0.4 is 0 Å². The van der Waals surface area contributed by atoms with Crippen molar-refractivity contribution < 1.29 is 4.65 Å². The van der Waals surface area contributed by atoms with Gasteiger partial charge in [0.1, 0.15) is 0 Å². The molecule has 0 atom stereocenters. The van der Waals surface area contributed by atoms with E-state index in [-0.39, 0.29) is 4.65 Å². The van der Waals surface area contributed by atoms with Crippen LogP contribution in [0, 0.1) is 11.1 Å². The molecule has 0 saturated heterocycles. The quantitative estimate of drug-likeness (QED) is 0.334. The molecule has 0 spiro atoms. The van der Waals surface area contributed by atoms with Crippen molar-refractivity contribution in [2.24, 2.45) is 5.92 Å². The molecule has 0 aromatic heterocycles. The lowest BCUT2D eigenvalue weighted by Gasteiger charge is -2.41. The standard InChI is InChI=1S/C12H27NO/c1-5-13(14,6-2)11-9-7-8-10-12(3)4/h12H,5-11H2,1-4H3. The first-order valence-corrected chi connectivity index (χ1v) is 6.11. The summed E-state index contributed by atoms with van der Waals surface area (Å²) in [5.41, 5.74) is 0. The molecule has 0 aliphatic heterocycles. The first-order chi connectivity index (χ1) is 6.54. The zero-order chi connectivity index (χ0) is 11.0. The van der Waals surface area contributed by atoms with Gasteiger partial charge in [0.05, 0.1) is 19.6 Å². The second kappa shape index (κ2) is 7.24. The van der Waals surface area contributed by atoms with Gasteiger partial charge in [0.15, 0.2) is 0 Å². The SMILES string of the molecule is CC[N+]([O-])(CC)CCCCCC(C)C. The molecule has 0 unspecified atom stereocenters. The maximum atomic E-state index is 11.9. The fourth-order valence-electron chi connectivity index (χ4n) is 1.67. The van der Waals surface area contributed by atoms with Gasteiger partial charge in [0.25, 0.3) is 0 Å². The molecule has 0 aromatic rings. The summed E-state index contributed by atoms with van der Waals surface area (Å²) in [6.07, 6.45) is 4.90. The van der Waals surface area contributed by atoms with Crippen LogP contribution in [-0.2, 0) is 0 Å². The maximum absolute atomic E-state index is 11.9. The zero-order valence-electron chi connectivity index (χ0n) is 10.4. The first-order valence-electron chi connectivity index (χ1n) is 6.11. The van der Waals surface area contributed by atoms with Crippen LogP contribution in [0.4, 0.5) is 0 Å². The zero-order valence-corrected chi connectivity index (χ0v) is 10.4. The van der Waals surface area contributed by atoms with Crippen LogP contribution >= 0.6 is 0 Å². The van der Waals surface area contributed by atoms with Gasteiger partial charge in [-0.15, -0.1) is 0 Å².